The zero-order chi connectivity index (χ0) is 12.0. The Bertz CT molecular complexity index is 451. The summed E-state index contributed by atoms with van der Waals surface area (Å²) in [6, 6.07) is 8.08. The SMILES string of the molecule is [C-]#[N+]C(CC(=O)OC)c1ccc(C#N)cc1. The number of rotatable bonds is 3. The van der Waals surface area contributed by atoms with E-state index in [1.165, 1.54) is 7.11 Å². The van der Waals surface area contributed by atoms with Crippen molar-refractivity contribution in [2.24, 2.45) is 0 Å². The van der Waals surface area contributed by atoms with Gasteiger partial charge in [0.2, 0.25) is 0 Å². The lowest BCUT2D eigenvalue weighted by Crippen LogP contribution is -2.05. The van der Waals surface area contributed by atoms with Gasteiger partial charge in [0.05, 0.1) is 18.7 Å². The highest BCUT2D eigenvalue weighted by Gasteiger charge is 2.20. The number of hydrogen-bond donors (Lipinski definition) is 0. The highest BCUT2D eigenvalue weighted by Crippen LogP contribution is 2.21. The zero-order valence-electron chi connectivity index (χ0n) is 8.80. The second kappa shape index (κ2) is 5.53. The molecule has 0 aliphatic heterocycles. The summed E-state index contributed by atoms with van der Waals surface area (Å²) in [4.78, 5) is 14.4. The molecule has 0 N–H and O–H groups in total. The summed E-state index contributed by atoms with van der Waals surface area (Å²) in [5.74, 6) is -0.412. The number of esters is 1. The molecule has 0 aliphatic carbocycles. The topological polar surface area (TPSA) is 54.5 Å². The first kappa shape index (κ1) is 11.7. The van der Waals surface area contributed by atoms with Gasteiger partial charge in [-0.3, -0.25) is 4.79 Å². The van der Waals surface area contributed by atoms with E-state index in [9.17, 15) is 4.79 Å². The van der Waals surface area contributed by atoms with Crippen LogP contribution in [0.2, 0.25) is 0 Å². The molecule has 16 heavy (non-hydrogen) atoms. The molecule has 0 aliphatic rings. The molecule has 0 saturated heterocycles. The molecule has 1 unspecified atom stereocenters. The molecule has 0 heterocycles. The number of methoxy groups -OCH3 is 1. The van der Waals surface area contributed by atoms with Crippen molar-refractivity contribution in [2.45, 2.75) is 12.5 Å². The fourth-order valence-electron chi connectivity index (χ4n) is 1.26. The third-order valence-corrected chi connectivity index (χ3v) is 2.17. The molecule has 0 aromatic heterocycles. The number of carbonyl (C=O) groups is 1. The maximum absolute atomic E-state index is 11.1. The van der Waals surface area contributed by atoms with Gasteiger partial charge in [-0.2, -0.15) is 5.26 Å². The van der Waals surface area contributed by atoms with Crippen molar-refractivity contribution in [2.75, 3.05) is 7.11 Å². The predicted molar refractivity (Wildman–Crippen MR) is 57.1 cm³/mol. The standard InChI is InChI=1S/C12H10N2O2/c1-14-11(7-12(15)16-2)10-5-3-9(8-13)4-6-10/h3-6,11H,7H2,2H3. The Hall–Kier alpha value is -2.33. The minimum Gasteiger partial charge on any atom is -0.469 e. The van der Waals surface area contributed by atoms with Crippen LogP contribution in [0.4, 0.5) is 0 Å². The smallest absolute Gasteiger partial charge is 0.313 e. The van der Waals surface area contributed by atoms with E-state index in [0.29, 0.717) is 5.56 Å². The van der Waals surface area contributed by atoms with Gasteiger partial charge in [-0.15, -0.1) is 0 Å². The molecule has 0 radical (unpaired) electrons. The van der Waals surface area contributed by atoms with Crippen LogP contribution < -0.4 is 0 Å². The van der Waals surface area contributed by atoms with Gasteiger partial charge in [-0.25, -0.2) is 6.57 Å². The van der Waals surface area contributed by atoms with Gasteiger partial charge in [0.15, 0.2) is 0 Å². The van der Waals surface area contributed by atoms with Crippen molar-refractivity contribution in [3.05, 3.63) is 46.8 Å². The van der Waals surface area contributed by atoms with E-state index in [0.717, 1.165) is 5.56 Å². The summed E-state index contributed by atoms with van der Waals surface area (Å²) in [5, 5.41) is 8.62. The van der Waals surface area contributed by atoms with Gasteiger partial charge in [0, 0.05) is 5.56 Å². The molecule has 0 fully saturated rings. The lowest BCUT2D eigenvalue weighted by molar-refractivity contribution is -0.140. The van der Waals surface area contributed by atoms with Crippen LogP contribution in [-0.2, 0) is 9.53 Å². The number of benzene rings is 1. The fourth-order valence-corrected chi connectivity index (χ4v) is 1.26. The van der Waals surface area contributed by atoms with Gasteiger partial charge in [-0.05, 0) is 24.3 Å². The van der Waals surface area contributed by atoms with Crippen LogP contribution in [0.1, 0.15) is 23.6 Å². The fraction of sp³-hybridized carbons (Fsp3) is 0.250. The highest BCUT2D eigenvalue weighted by atomic mass is 16.5. The molecule has 0 spiro atoms. The van der Waals surface area contributed by atoms with Crippen molar-refractivity contribution < 1.29 is 9.53 Å². The molecule has 80 valence electrons. The molecule has 1 rings (SSSR count). The Kier molecular flexibility index (Phi) is 4.06. The van der Waals surface area contributed by atoms with Crippen molar-refractivity contribution in [3.63, 3.8) is 0 Å². The van der Waals surface area contributed by atoms with Gasteiger partial charge < -0.3 is 9.58 Å². The van der Waals surface area contributed by atoms with Crippen LogP contribution in [0.15, 0.2) is 24.3 Å². The molecule has 4 nitrogen and oxygen atoms in total. The molecular formula is C12H10N2O2. The number of nitrogens with zero attached hydrogens (tertiary/aromatic N) is 2. The van der Waals surface area contributed by atoms with Crippen molar-refractivity contribution >= 4 is 5.97 Å². The van der Waals surface area contributed by atoms with Gasteiger partial charge in [0.25, 0.3) is 6.04 Å². The van der Waals surface area contributed by atoms with Crippen LogP contribution in [0, 0.1) is 17.9 Å². The van der Waals surface area contributed by atoms with Crippen LogP contribution in [0.5, 0.6) is 0 Å². The van der Waals surface area contributed by atoms with Crippen LogP contribution in [0.25, 0.3) is 4.85 Å². The minimum absolute atomic E-state index is 0.0336. The van der Waals surface area contributed by atoms with E-state index < -0.39 is 12.0 Å². The number of nitriles is 1. The summed E-state index contributed by atoms with van der Waals surface area (Å²) >= 11 is 0. The van der Waals surface area contributed by atoms with Gasteiger partial charge in [0.1, 0.15) is 6.42 Å². The first-order valence-electron chi connectivity index (χ1n) is 4.64. The van der Waals surface area contributed by atoms with E-state index >= 15 is 0 Å². The van der Waals surface area contributed by atoms with E-state index in [4.69, 9.17) is 11.8 Å². The molecular weight excluding hydrogens is 204 g/mol. The lowest BCUT2D eigenvalue weighted by atomic mass is 10.0. The number of carbonyl (C=O) groups excluding carboxylic acids is 1. The molecule has 0 saturated carbocycles. The Morgan fingerprint density at radius 1 is 1.56 bits per heavy atom. The summed E-state index contributed by atoms with van der Waals surface area (Å²) in [7, 11) is 1.29. The second-order valence-corrected chi connectivity index (χ2v) is 3.16. The summed E-state index contributed by atoms with van der Waals surface area (Å²) in [6.45, 7) is 7.02. The molecule has 1 aromatic carbocycles. The molecule has 1 atom stereocenters. The Balaban J connectivity index is 2.85. The lowest BCUT2D eigenvalue weighted by Gasteiger charge is -2.04. The van der Waals surface area contributed by atoms with Gasteiger partial charge >= 0.3 is 5.97 Å². The number of ether oxygens (including phenoxy) is 1. The van der Waals surface area contributed by atoms with E-state index in [-0.39, 0.29) is 6.42 Å². The van der Waals surface area contributed by atoms with Crippen molar-refractivity contribution in [3.8, 4) is 6.07 Å². The average molecular weight is 214 g/mol. The summed E-state index contributed by atoms with van der Waals surface area (Å²) in [5.41, 5.74) is 1.25. The van der Waals surface area contributed by atoms with Crippen LogP contribution in [0.3, 0.4) is 0 Å². The minimum atomic E-state index is -0.541. The van der Waals surface area contributed by atoms with Crippen LogP contribution >= 0.6 is 0 Å². The Morgan fingerprint density at radius 3 is 2.62 bits per heavy atom. The predicted octanol–water partition coefficient (Wildman–Crippen LogP) is 2.08. The van der Waals surface area contributed by atoms with Crippen LogP contribution in [-0.4, -0.2) is 13.1 Å². The molecule has 1 aromatic rings. The third-order valence-electron chi connectivity index (χ3n) is 2.17. The summed E-state index contributed by atoms with van der Waals surface area (Å²) in [6.07, 6.45) is 0.0336. The number of hydrogen-bond acceptors (Lipinski definition) is 3. The molecule has 4 heteroatoms. The summed E-state index contributed by atoms with van der Waals surface area (Å²) < 4.78 is 4.51. The highest BCUT2D eigenvalue weighted by molar-refractivity contribution is 5.70. The van der Waals surface area contributed by atoms with E-state index in [1.54, 1.807) is 24.3 Å². The maximum Gasteiger partial charge on any atom is 0.313 e. The first-order valence-corrected chi connectivity index (χ1v) is 4.64. The van der Waals surface area contributed by atoms with E-state index in [1.807, 2.05) is 6.07 Å². The molecule has 0 amide bonds. The zero-order valence-corrected chi connectivity index (χ0v) is 8.80. The molecule has 0 bridgehead atoms. The monoisotopic (exact) mass is 214 g/mol. The second-order valence-electron chi connectivity index (χ2n) is 3.16. The van der Waals surface area contributed by atoms with E-state index in [2.05, 4.69) is 9.58 Å². The Labute approximate surface area is 93.9 Å². The Morgan fingerprint density at radius 2 is 2.19 bits per heavy atom. The average Bonchev–Trinajstić information content (AvgIpc) is 2.35. The third kappa shape index (κ3) is 2.83. The van der Waals surface area contributed by atoms with Gasteiger partial charge in [-0.1, -0.05) is 0 Å². The van der Waals surface area contributed by atoms with Crippen molar-refractivity contribution in [1.29, 1.82) is 5.26 Å². The quantitative estimate of drug-likeness (QED) is 0.571. The first-order chi connectivity index (χ1) is 7.71. The van der Waals surface area contributed by atoms with Crippen molar-refractivity contribution in [1.82, 2.24) is 0 Å². The normalized spacial score (nSPS) is 10.9. The maximum atomic E-state index is 11.1. The largest absolute Gasteiger partial charge is 0.469 e.